The van der Waals surface area contributed by atoms with Crippen molar-refractivity contribution < 1.29 is 13.2 Å². The SMILES string of the molecule is CN=C(NCCCOc1ccc2ccccc2c1)NCC(C)(C)CCS(C)(=O)=O. The highest BCUT2D eigenvalue weighted by Crippen LogP contribution is 2.21. The van der Waals surface area contributed by atoms with Crippen LogP contribution in [0.2, 0.25) is 0 Å². The number of nitrogens with zero attached hydrogens (tertiary/aromatic N) is 1. The Balaban J connectivity index is 1.68. The number of rotatable bonds is 10. The molecule has 0 bridgehead atoms. The average Bonchev–Trinajstić information content (AvgIpc) is 2.68. The van der Waals surface area contributed by atoms with E-state index in [9.17, 15) is 8.42 Å². The smallest absolute Gasteiger partial charge is 0.190 e. The summed E-state index contributed by atoms with van der Waals surface area (Å²) in [7, 11) is -1.22. The minimum atomic E-state index is -2.94. The molecule has 29 heavy (non-hydrogen) atoms. The molecule has 2 rings (SSSR count). The van der Waals surface area contributed by atoms with E-state index in [2.05, 4.69) is 53.7 Å². The van der Waals surface area contributed by atoms with Crippen LogP contribution in [0.4, 0.5) is 0 Å². The van der Waals surface area contributed by atoms with Gasteiger partial charge in [0, 0.05) is 26.4 Å². The molecule has 0 heterocycles. The van der Waals surface area contributed by atoms with E-state index in [1.54, 1.807) is 7.05 Å². The normalized spacial score (nSPS) is 12.8. The van der Waals surface area contributed by atoms with Crippen molar-refractivity contribution in [1.82, 2.24) is 10.6 Å². The molecule has 2 aromatic carbocycles. The lowest BCUT2D eigenvalue weighted by Gasteiger charge is -2.25. The highest BCUT2D eigenvalue weighted by molar-refractivity contribution is 7.90. The van der Waals surface area contributed by atoms with Crippen molar-refractivity contribution in [3.05, 3.63) is 42.5 Å². The number of guanidine groups is 1. The lowest BCUT2D eigenvalue weighted by Crippen LogP contribution is -2.43. The average molecular weight is 420 g/mol. The van der Waals surface area contributed by atoms with Crippen molar-refractivity contribution in [3.63, 3.8) is 0 Å². The Kier molecular flexibility index (Phi) is 8.32. The Morgan fingerprint density at radius 1 is 1.10 bits per heavy atom. The van der Waals surface area contributed by atoms with Gasteiger partial charge < -0.3 is 15.4 Å². The van der Waals surface area contributed by atoms with Gasteiger partial charge in [-0.1, -0.05) is 44.2 Å². The van der Waals surface area contributed by atoms with Crippen LogP contribution >= 0.6 is 0 Å². The molecule has 160 valence electrons. The van der Waals surface area contributed by atoms with Crippen molar-refractivity contribution in [3.8, 4) is 5.75 Å². The molecule has 0 aromatic heterocycles. The van der Waals surface area contributed by atoms with Crippen LogP contribution in [0.3, 0.4) is 0 Å². The van der Waals surface area contributed by atoms with Gasteiger partial charge >= 0.3 is 0 Å². The highest BCUT2D eigenvalue weighted by atomic mass is 32.2. The summed E-state index contributed by atoms with van der Waals surface area (Å²) >= 11 is 0. The summed E-state index contributed by atoms with van der Waals surface area (Å²) in [4.78, 5) is 4.23. The Hall–Kier alpha value is -2.28. The van der Waals surface area contributed by atoms with Crippen LogP contribution < -0.4 is 15.4 Å². The fourth-order valence-electron chi connectivity index (χ4n) is 2.82. The number of aliphatic imine (C=N–C) groups is 1. The predicted molar refractivity (Wildman–Crippen MR) is 122 cm³/mol. The molecule has 0 radical (unpaired) electrons. The van der Waals surface area contributed by atoms with Crippen LogP contribution in [0.5, 0.6) is 5.75 Å². The van der Waals surface area contributed by atoms with Crippen LogP contribution in [-0.4, -0.2) is 53.1 Å². The first-order valence-electron chi connectivity index (χ1n) is 9.92. The molecular weight excluding hydrogens is 386 g/mol. The lowest BCUT2D eigenvalue weighted by atomic mass is 9.90. The molecule has 0 saturated heterocycles. The second-order valence-corrected chi connectivity index (χ2v) is 10.4. The van der Waals surface area contributed by atoms with E-state index in [4.69, 9.17) is 4.74 Å². The maximum Gasteiger partial charge on any atom is 0.190 e. The molecule has 0 aliphatic heterocycles. The van der Waals surface area contributed by atoms with Crippen LogP contribution in [0.25, 0.3) is 10.8 Å². The van der Waals surface area contributed by atoms with Crippen LogP contribution in [-0.2, 0) is 9.84 Å². The van der Waals surface area contributed by atoms with Gasteiger partial charge in [-0.25, -0.2) is 8.42 Å². The number of benzene rings is 2. The van der Waals surface area contributed by atoms with Gasteiger partial charge in [-0.15, -0.1) is 0 Å². The number of sulfone groups is 1. The Labute approximate surface area is 174 Å². The molecular formula is C22H33N3O3S. The quantitative estimate of drug-likeness (QED) is 0.351. The molecule has 7 heteroatoms. The molecule has 6 nitrogen and oxygen atoms in total. The number of nitrogens with one attached hydrogen (secondary N) is 2. The fourth-order valence-corrected chi connectivity index (χ4v) is 3.74. The van der Waals surface area contributed by atoms with Crippen molar-refractivity contribution >= 4 is 26.6 Å². The van der Waals surface area contributed by atoms with E-state index in [-0.39, 0.29) is 11.2 Å². The van der Waals surface area contributed by atoms with Gasteiger partial charge in [0.15, 0.2) is 5.96 Å². The second-order valence-electron chi connectivity index (χ2n) is 8.11. The Bertz CT molecular complexity index is 924. The number of hydrogen-bond donors (Lipinski definition) is 2. The minimum Gasteiger partial charge on any atom is -0.494 e. The monoisotopic (exact) mass is 419 g/mol. The van der Waals surface area contributed by atoms with E-state index in [0.29, 0.717) is 25.5 Å². The third-order valence-corrected chi connectivity index (χ3v) is 5.66. The first kappa shape index (κ1) is 23.0. The Morgan fingerprint density at radius 3 is 2.52 bits per heavy atom. The van der Waals surface area contributed by atoms with Crippen molar-refractivity contribution in [2.75, 3.05) is 38.8 Å². The third kappa shape index (κ3) is 8.73. The summed E-state index contributed by atoms with van der Waals surface area (Å²) in [6.45, 7) is 6.10. The van der Waals surface area contributed by atoms with Gasteiger partial charge in [0.25, 0.3) is 0 Å². The van der Waals surface area contributed by atoms with Gasteiger partial charge in [-0.05, 0) is 41.2 Å². The van der Waals surface area contributed by atoms with Crippen molar-refractivity contribution in [2.24, 2.45) is 10.4 Å². The summed E-state index contributed by atoms with van der Waals surface area (Å²) < 4.78 is 28.6. The zero-order valence-corrected chi connectivity index (χ0v) is 18.7. The molecule has 2 N–H and O–H groups in total. The predicted octanol–water partition coefficient (Wildman–Crippen LogP) is 3.23. The largest absolute Gasteiger partial charge is 0.494 e. The molecule has 0 spiro atoms. The van der Waals surface area contributed by atoms with E-state index < -0.39 is 9.84 Å². The molecule has 0 saturated carbocycles. The van der Waals surface area contributed by atoms with Crippen LogP contribution in [0, 0.1) is 5.41 Å². The highest BCUT2D eigenvalue weighted by Gasteiger charge is 2.20. The maximum absolute atomic E-state index is 11.4. The maximum atomic E-state index is 11.4. The molecule has 0 aliphatic rings. The van der Waals surface area contributed by atoms with E-state index >= 15 is 0 Å². The van der Waals surface area contributed by atoms with Gasteiger partial charge in [0.05, 0.1) is 12.4 Å². The first-order valence-corrected chi connectivity index (χ1v) is 12.0. The standard InChI is InChI=1S/C22H33N3O3S/c1-22(2,12-15-29(4,26)27)17-25-21(23-3)24-13-7-14-28-20-11-10-18-8-5-6-9-19(18)16-20/h5-6,8-11,16H,7,12-15,17H2,1-4H3,(H2,23,24,25). The second kappa shape index (κ2) is 10.5. The first-order chi connectivity index (χ1) is 13.7. The summed E-state index contributed by atoms with van der Waals surface area (Å²) in [5.41, 5.74) is -0.139. The fraction of sp³-hybridized carbons (Fsp3) is 0.500. The van der Waals surface area contributed by atoms with Gasteiger partial charge in [-0.3, -0.25) is 4.99 Å². The summed E-state index contributed by atoms with van der Waals surface area (Å²) in [6, 6.07) is 14.3. The number of ether oxygens (including phenoxy) is 1. The lowest BCUT2D eigenvalue weighted by molar-refractivity contribution is 0.311. The zero-order chi connectivity index (χ0) is 21.3. The summed E-state index contributed by atoms with van der Waals surface area (Å²) in [5.74, 6) is 1.78. The molecule has 2 aromatic rings. The molecule has 0 amide bonds. The van der Waals surface area contributed by atoms with E-state index in [1.807, 2.05) is 18.2 Å². The third-order valence-electron chi connectivity index (χ3n) is 4.71. The van der Waals surface area contributed by atoms with Gasteiger partial charge in [0.2, 0.25) is 0 Å². The van der Waals surface area contributed by atoms with E-state index in [0.717, 1.165) is 18.7 Å². The summed E-state index contributed by atoms with van der Waals surface area (Å²) in [6.07, 6.45) is 2.72. The molecule has 0 fully saturated rings. The molecule has 0 atom stereocenters. The van der Waals surface area contributed by atoms with E-state index in [1.165, 1.54) is 17.0 Å². The zero-order valence-electron chi connectivity index (χ0n) is 17.9. The number of hydrogen-bond acceptors (Lipinski definition) is 4. The molecule has 0 unspecified atom stereocenters. The topological polar surface area (TPSA) is 79.8 Å². The minimum absolute atomic E-state index is 0.139. The van der Waals surface area contributed by atoms with Gasteiger partial charge in [0.1, 0.15) is 15.6 Å². The Morgan fingerprint density at radius 2 is 1.83 bits per heavy atom. The van der Waals surface area contributed by atoms with Crippen molar-refractivity contribution in [2.45, 2.75) is 26.7 Å². The van der Waals surface area contributed by atoms with Crippen molar-refractivity contribution in [1.29, 1.82) is 0 Å². The van der Waals surface area contributed by atoms with Crippen LogP contribution in [0.1, 0.15) is 26.7 Å². The summed E-state index contributed by atoms with van der Waals surface area (Å²) in [5, 5.41) is 8.93. The number of fused-ring (bicyclic) bond motifs is 1. The van der Waals surface area contributed by atoms with Crippen LogP contribution in [0.15, 0.2) is 47.5 Å². The molecule has 0 aliphatic carbocycles. The van der Waals surface area contributed by atoms with Gasteiger partial charge in [-0.2, -0.15) is 0 Å².